The molecule has 1 aromatic carbocycles. The summed E-state index contributed by atoms with van der Waals surface area (Å²) in [7, 11) is 4.22. The van der Waals surface area contributed by atoms with Gasteiger partial charge < -0.3 is 10.2 Å². The van der Waals surface area contributed by atoms with Gasteiger partial charge in [0.25, 0.3) is 5.91 Å². The Bertz CT molecular complexity index is 811. The van der Waals surface area contributed by atoms with Crippen molar-refractivity contribution in [2.24, 2.45) is 0 Å². The van der Waals surface area contributed by atoms with Crippen molar-refractivity contribution < 1.29 is 9.59 Å². The van der Waals surface area contributed by atoms with Gasteiger partial charge in [-0.05, 0) is 39.1 Å². The van der Waals surface area contributed by atoms with Gasteiger partial charge in [0.15, 0.2) is 5.13 Å². The summed E-state index contributed by atoms with van der Waals surface area (Å²) >= 11 is 1.34. The Kier molecular flexibility index (Phi) is 7.39. The van der Waals surface area contributed by atoms with Crippen molar-refractivity contribution in [1.82, 2.24) is 15.2 Å². The quantitative estimate of drug-likeness (QED) is 0.678. The van der Waals surface area contributed by atoms with Crippen molar-refractivity contribution in [2.75, 3.05) is 26.0 Å². The second-order valence-electron chi connectivity index (χ2n) is 7.95. The number of nitrogens with zero attached hydrogens (tertiary/aromatic N) is 2. The molecule has 7 heteroatoms. The van der Waals surface area contributed by atoms with Crippen molar-refractivity contribution >= 4 is 28.3 Å². The summed E-state index contributed by atoms with van der Waals surface area (Å²) in [5.41, 5.74) is 1.30. The smallest absolute Gasteiger partial charge is 0.257 e. The molecule has 0 unspecified atom stereocenters. The monoisotopic (exact) mass is 414 g/mol. The molecule has 0 spiro atoms. The number of benzene rings is 1. The number of aromatic nitrogens is 1. The SMILES string of the molecule is CN(C)C1(CNC(=O)Cc2csc(NC(=O)c3ccccc3)n2)CCCCCC1. The van der Waals surface area contributed by atoms with Gasteiger partial charge in [-0.2, -0.15) is 0 Å². The van der Waals surface area contributed by atoms with Crippen LogP contribution in [0.2, 0.25) is 0 Å². The molecule has 6 nitrogen and oxygen atoms in total. The van der Waals surface area contributed by atoms with E-state index in [1.807, 2.05) is 23.6 Å². The van der Waals surface area contributed by atoms with Crippen molar-refractivity contribution in [3.8, 4) is 0 Å². The second-order valence-corrected chi connectivity index (χ2v) is 8.81. The lowest BCUT2D eigenvalue weighted by atomic mass is 9.88. The van der Waals surface area contributed by atoms with Gasteiger partial charge in [0.05, 0.1) is 12.1 Å². The number of nitrogens with one attached hydrogen (secondary N) is 2. The van der Waals surface area contributed by atoms with Gasteiger partial charge in [0.1, 0.15) is 0 Å². The van der Waals surface area contributed by atoms with Gasteiger partial charge in [-0.15, -0.1) is 11.3 Å². The highest BCUT2D eigenvalue weighted by Gasteiger charge is 2.33. The number of hydrogen-bond acceptors (Lipinski definition) is 5. The van der Waals surface area contributed by atoms with Crippen LogP contribution in [0.25, 0.3) is 0 Å². The van der Waals surface area contributed by atoms with Crippen molar-refractivity contribution in [2.45, 2.75) is 50.5 Å². The number of thiazole rings is 1. The maximum atomic E-state index is 12.5. The summed E-state index contributed by atoms with van der Waals surface area (Å²) in [5.74, 6) is -0.223. The van der Waals surface area contributed by atoms with Crippen molar-refractivity contribution in [3.05, 3.63) is 47.0 Å². The lowest BCUT2D eigenvalue weighted by Crippen LogP contribution is -2.52. The van der Waals surface area contributed by atoms with E-state index < -0.39 is 0 Å². The first-order valence-corrected chi connectivity index (χ1v) is 11.1. The van der Waals surface area contributed by atoms with E-state index in [1.165, 1.54) is 37.0 Å². The Labute approximate surface area is 176 Å². The molecule has 2 N–H and O–H groups in total. The molecule has 2 amide bonds. The first-order valence-electron chi connectivity index (χ1n) is 10.2. The molecule has 2 aromatic rings. The van der Waals surface area contributed by atoms with Gasteiger partial charge in [0.2, 0.25) is 5.91 Å². The third-order valence-corrected chi connectivity index (χ3v) is 6.55. The molecule has 0 aliphatic heterocycles. The van der Waals surface area contributed by atoms with Crippen LogP contribution in [0.3, 0.4) is 0 Å². The number of carbonyl (C=O) groups is 2. The van der Waals surface area contributed by atoms with E-state index in [0.29, 0.717) is 22.9 Å². The maximum absolute atomic E-state index is 12.5. The maximum Gasteiger partial charge on any atom is 0.257 e. The predicted molar refractivity (Wildman–Crippen MR) is 117 cm³/mol. The van der Waals surface area contributed by atoms with Gasteiger partial charge in [-0.1, -0.05) is 43.9 Å². The van der Waals surface area contributed by atoms with Crippen LogP contribution in [0.1, 0.15) is 54.6 Å². The van der Waals surface area contributed by atoms with E-state index in [1.54, 1.807) is 12.1 Å². The third-order valence-electron chi connectivity index (χ3n) is 5.75. The molecule has 0 radical (unpaired) electrons. The molecule has 156 valence electrons. The Morgan fingerprint density at radius 1 is 1.10 bits per heavy atom. The molecule has 1 saturated carbocycles. The van der Waals surface area contributed by atoms with Crippen LogP contribution >= 0.6 is 11.3 Å². The van der Waals surface area contributed by atoms with Crippen LogP contribution in [0.4, 0.5) is 5.13 Å². The molecule has 1 aromatic heterocycles. The van der Waals surface area contributed by atoms with Crippen LogP contribution in [0.5, 0.6) is 0 Å². The summed E-state index contributed by atoms with van der Waals surface area (Å²) in [6.45, 7) is 0.667. The molecular formula is C22H30N4O2S. The zero-order valence-corrected chi connectivity index (χ0v) is 18.1. The highest BCUT2D eigenvalue weighted by atomic mass is 32.1. The first-order chi connectivity index (χ1) is 14.0. The summed E-state index contributed by atoms with van der Waals surface area (Å²) < 4.78 is 0. The number of amides is 2. The normalized spacial score (nSPS) is 16.2. The van der Waals surface area contributed by atoms with Crippen LogP contribution in [0.15, 0.2) is 35.7 Å². The molecule has 1 heterocycles. The topological polar surface area (TPSA) is 74.3 Å². The summed E-state index contributed by atoms with van der Waals surface area (Å²) in [5, 5.41) is 8.25. The molecule has 1 fully saturated rings. The Balaban J connectivity index is 1.52. The highest BCUT2D eigenvalue weighted by molar-refractivity contribution is 7.14. The van der Waals surface area contributed by atoms with Crippen LogP contribution < -0.4 is 10.6 Å². The summed E-state index contributed by atoms with van der Waals surface area (Å²) in [4.78, 5) is 31.4. The molecule has 1 aliphatic rings. The highest BCUT2D eigenvalue weighted by Crippen LogP contribution is 2.30. The zero-order chi connectivity index (χ0) is 20.7. The zero-order valence-electron chi connectivity index (χ0n) is 17.2. The second kappa shape index (κ2) is 9.98. The van der Waals surface area contributed by atoms with E-state index in [-0.39, 0.29) is 23.8 Å². The number of carbonyl (C=O) groups excluding carboxylic acids is 2. The van der Waals surface area contributed by atoms with Crippen molar-refractivity contribution in [1.29, 1.82) is 0 Å². The fraction of sp³-hybridized carbons (Fsp3) is 0.500. The largest absolute Gasteiger partial charge is 0.354 e. The van der Waals surface area contributed by atoms with E-state index >= 15 is 0 Å². The fourth-order valence-corrected chi connectivity index (χ4v) is 4.57. The molecule has 0 saturated heterocycles. The lowest BCUT2D eigenvalue weighted by molar-refractivity contribution is -0.121. The minimum absolute atomic E-state index is 0.0262. The average molecular weight is 415 g/mol. The standard InChI is InChI=1S/C22H30N4O2S/c1-26(2)22(12-8-3-4-9-13-22)16-23-19(27)14-18-15-29-21(24-18)25-20(28)17-10-6-5-7-11-17/h5-7,10-11,15H,3-4,8-9,12-14,16H2,1-2H3,(H,23,27)(H,24,25,28). The molecule has 0 atom stereocenters. The molecule has 29 heavy (non-hydrogen) atoms. The number of rotatable bonds is 7. The summed E-state index contributed by atoms with van der Waals surface area (Å²) in [6.07, 6.45) is 7.44. The fourth-order valence-electron chi connectivity index (χ4n) is 3.86. The molecule has 1 aliphatic carbocycles. The molecule has 3 rings (SSSR count). The number of likely N-dealkylation sites (N-methyl/N-ethyl adjacent to an activating group) is 1. The van der Waals surface area contributed by atoms with E-state index in [2.05, 4.69) is 34.6 Å². The Hall–Kier alpha value is -2.25. The van der Waals surface area contributed by atoms with Crippen LogP contribution in [-0.2, 0) is 11.2 Å². The van der Waals surface area contributed by atoms with Gasteiger partial charge in [-0.3, -0.25) is 14.9 Å². The minimum Gasteiger partial charge on any atom is -0.354 e. The van der Waals surface area contributed by atoms with E-state index in [4.69, 9.17) is 0 Å². The van der Waals surface area contributed by atoms with Crippen LogP contribution in [-0.4, -0.2) is 47.9 Å². The third kappa shape index (κ3) is 5.87. The molecular weight excluding hydrogens is 384 g/mol. The van der Waals surface area contributed by atoms with E-state index in [9.17, 15) is 9.59 Å². The number of hydrogen-bond donors (Lipinski definition) is 2. The molecule has 0 bridgehead atoms. The minimum atomic E-state index is -0.197. The van der Waals surface area contributed by atoms with Gasteiger partial charge in [-0.25, -0.2) is 4.98 Å². The average Bonchev–Trinajstić information content (AvgIpc) is 3.00. The summed E-state index contributed by atoms with van der Waals surface area (Å²) in [6, 6.07) is 9.02. The number of anilines is 1. The predicted octanol–water partition coefficient (Wildman–Crippen LogP) is 3.71. The van der Waals surface area contributed by atoms with Gasteiger partial charge in [0, 0.05) is 23.0 Å². The Morgan fingerprint density at radius 2 is 1.79 bits per heavy atom. The van der Waals surface area contributed by atoms with Gasteiger partial charge >= 0.3 is 0 Å². The van der Waals surface area contributed by atoms with Crippen LogP contribution in [0, 0.1) is 0 Å². The Morgan fingerprint density at radius 3 is 2.45 bits per heavy atom. The lowest BCUT2D eigenvalue weighted by Gasteiger charge is -2.39. The first kappa shape index (κ1) is 21.5. The van der Waals surface area contributed by atoms with E-state index in [0.717, 1.165) is 12.8 Å². The van der Waals surface area contributed by atoms with Crippen molar-refractivity contribution in [3.63, 3.8) is 0 Å².